The Morgan fingerprint density at radius 2 is 1.79 bits per heavy atom. The topological polar surface area (TPSA) is 79.3 Å². The molecule has 2 aromatic heterocycles. The molecule has 2 N–H and O–H groups in total. The summed E-state index contributed by atoms with van der Waals surface area (Å²) in [5, 5.41) is 4.99. The predicted octanol–water partition coefficient (Wildman–Crippen LogP) is 6.65. The molecule has 3 heterocycles. The van der Waals surface area contributed by atoms with E-state index in [9.17, 15) is 8.42 Å². The van der Waals surface area contributed by atoms with Crippen molar-refractivity contribution in [3.63, 3.8) is 0 Å². The number of nitrogens with one attached hydrogen (secondary N) is 2. The summed E-state index contributed by atoms with van der Waals surface area (Å²) in [5.74, 6) is 0. The highest BCUT2D eigenvalue weighted by Gasteiger charge is 2.42. The minimum atomic E-state index is -3.41. The molecular weight excluding hydrogens is 573 g/mol. The summed E-state index contributed by atoms with van der Waals surface area (Å²) >= 11 is 18.9. The Hall–Kier alpha value is -3.11. The first-order valence-electron chi connectivity index (χ1n) is 12.2. The number of benzene rings is 2. The molecule has 7 nitrogen and oxygen atoms in total. The molecule has 11 heteroatoms. The second-order valence-electron chi connectivity index (χ2n) is 9.60. The molecule has 39 heavy (non-hydrogen) atoms. The summed E-state index contributed by atoms with van der Waals surface area (Å²) in [5.41, 5.74) is 6.81. The van der Waals surface area contributed by atoms with Gasteiger partial charge in [0.1, 0.15) is 0 Å². The van der Waals surface area contributed by atoms with Crippen LogP contribution in [0.4, 0.5) is 11.4 Å². The van der Waals surface area contributed by atoms with Gasteiger partial charge in [-0.25, -0.2) is 8.42 Å². The van der Waals surface area contributed by atoms with Crippen molar-refractivity contribution in [2.75, 3.05) is 15.9 Å². The molecule has 4 aromatic rings. The Bertz CT molecular complexity index is 1690. The molecule has 5 rings (SSSR count). The van der Waals surface area contributed by atoms with Gasteiger partial charge in [0.15, 0.2) is 5.11 Å². The summed E-state index contributed by atoms with van der Waals surface area (Å²) in [7, 11) is -3.41. The molecule has 0 amide bonds. The molecular formula is C28H27Cl2N5O2S2. The van der Waals surface area contributed by atoms with Gasteiger partial charge < -0.3 is 14.8 Å². The molecule has 0 aliphatic carbocycles. The maximum Gasteiger partial charge on any atom is 0.229 e. The van der Waals surface area contributed by atoms with Gasteiger partial charge in [-0.05, 0) is 92.6 Å². The van der Waals surface area contributed by atoms with E-state index in [1.807, 2.05) is 56.3 Å². The van der Waals surface area contributed by atoms with Crippen molar-refractivity contribution >= 4 is 61.9 Å². The van der Waals surface area contributed by atoms with E-state index in [4.69, 9.17) is 35.4 Å². The Kier molecular flexibility index (Phi) is 7.37. The van der Waals surface area contributed by atoms with Crippen molar-refractivity contribution in [1.82, 2.24) is 14.9 Å². The van der Waals surface area contributed by atoms with Crippen LogP contribution >= 0.6 is 35.4 Å². The third-order valence-corrected chi connectivity index (χ3v) is 8.56. The second-order valence-corrected chi connectivity index (χ2v) is 12.5. The summed E-state index contributed by atoms with van der Waals surface area (Å²) < 4.78 is 28.3. The molecule has 2 aromatic carbocycles. The van der Waals surface area contributed by atoms with E-state index in [-0.39, 0.29) is 12.1 Å². The zero-order valence-corrected chi connectivity index (χ0v) is 24.9. The standard InChI is InChI=1S/C28H27Cl2N5O2S2/c1-16-14-19(11-12-22(16)33-39(4,36)37)35-27(26(32-28(35)38)23-9-5-6-13-31-23)20-15-17(2)34(18(20)3)24-10-7-8-21(29)25(24)30/h5-15,26-27,33H,1-4H3,(H,32,38). The first-order valence-corrected chi connectivity index (χ1v) is 15.2. The number of thiocarbonyl (C=S) groups is 1. The molecule has 1 aliphatic rings. The zero-order valence-electron chi connectivity index (χ0n) is 21.7. The van der Waals surface area contributed by atoms with Crippen LogP contribution in [-0.4, -0.2) is 29.3 Å². The fraction of sp³-hybridized carbons (Fsp3) is 0.214. The summed E-state index contributed by atoms with van der Waals surface area (Å²) in [4.78, 5) is 6.71. The fourth-order valence-electron chi connectivity index (χ4n) is 5.18. The van der Waals surface area contributed by atoms with Gasteiger partial charge in [-0.15, -0.1) is 0 Å². The first-order chi connectivity index (χ1) is 18.5. The third kappa shape index (κ3) is 5.24. The van der Waals surface area contributed by atoms with Crippen molar-refractivity contribution in [2.24, 2.45) is 0 Å². The second kappa shape index (κ2) is 10.5. The summed E-state index contributed by atoms with van der Waals surface area (Å²) in [6.45, 7) is 5.95. The Morgan fingerprint density at radius 1 is 1.03 bits per heavy atom. The minimum Gasteiger partial charge on any atom is -0.351 e. The van der Waals surface area contributed by atoms with Gasteiger partial charge in [0, 0.05) is 23.3 Å². The SMILES string of the molecule is Cc1cc(N2C(=S)NC(c3ccccn3)C2c2cc(C)n(-c3cccc(Cl)c3Cl)c2C)ccc1NS(C)(=O)=O. The van der Waals surface area contributed by atoms with Crippen molar-refractivity contribution in [1.29, 1.82) is 0 Å². The maximum absolute atomic E-state index is 11.8. The van der Waals surface area contributed by atoms with E-state index in [1.54, 1.807) is 18.3 Å². The average Bonchev–Trinajstić information content (AvgIpc) is 3.37. The number of halogens is 2. The van der Waals surface area contributed by atoms with Crippen LogP contribution in [-0.2, 0) is 10.0 Å². The van der Waals surface area contributed by atoms with Crippen LogP contribution in [0, 0.1) is 20.8 Å². The van der Waals surface area contributed by atoms with Gasteiger partial charge in [0.25, 0.3) is 0 Å². The number of aromatic nitrogens is 2. The van der Waals surface area contributed by atoms with Gasteiger partial charge >= 0.3 is 0 Å². The highest BCUT2D eigenvalue weighted by atomic mass is 35.5. The van der Waals surface area contributed by atoms with Crippen molar-refractivity contribution < 1.29 is 8.42 Å². The van der Waals surface area contributed by atoms with E-state index in [1.165, 1.54) is 0 Å². The zero-order chi connectivity index (χ0) is 28.1. The van der Waals surface area contributed by atoms with E-state index in [0.29, 0.717) is 20.8 Å². The molecule has 0 spiro atoms. The van der Waals surface area contributed by atoms with Gasteiger partial charge in [-0.1, -0.05) is 35.3 Å². The molecule has 2 unspecified atom stereocenters. The summed E-state index contributed by atoms with van der Waals surface area (Å²) in [6.07, 6.45) is 2.90. The van der Waals surface area contributed by atoms with Crippen LogP contribution in [0.25, 0.3) is 5.69 Å². The maximum atomic E-state index is 11.8. The van der Waals surface area contributed by atoms with E-state index < -0.39 is 10.0 Å². The molecule has 2 atom stereocenters. The Balaban J connectivity index is 1.67. The number of nitrogens with zero attached hydrogens (tertiary/aromatic N) is 3. The van der Waals surface area contributed by atoms with Crippen molar-refractivity contribution in [3.8, 4) is 5.69 Å². The predicted molar refractivity (Wildman–Crippen MR) is 163 cm³/mol. The molecule has 0 saturated carbocycles. The third-order valence-electron chi connectivity index (χ3n) is 6.84. The number of anilines is 2. The smallest absolute Gasteiger partial charge is 0.229 e. The number of pyridine rings is 1. The van der Waals surface area contributed by atoms with Crippen molar-refractivity contribution in [2.45, 2.75) is 32.9 Å². The van der Waals surface area contributed by atoms with Gasteiger partial charge in [0.05, 0.1) is 45.5 Å². The largest absolute Gasteiger partial charge is 0.351 e. The van der Waals surface area contributed by atoms with Gasteiger partial charge in [0.2, 0.25) is 10.0 Å². The van der Waals surface area contributed by atoms with Gasteiger partial charge in [-0.2, -0.15) is 0 Å². The number of aryl methyl sites for hydroxylation is 2. The lowest BCUT2D eigenvalue weighted by Gasteiger charge is -2.29. The number of hydrogen-bond acceptors (Lipinski definition) is 4. The van der Waals surface area contributed by atoms with Crippen LogP contribution in [0.3, 0.4) is 0 Å². The van der Waals surface area contributed by atoms with Crippen LogP contribution in [0.2, 0.25) is 10.0 Å². The van der Waals surface area contributed by atoms with Crippen LogP contribution in [0.15, 0.2) is 66.9 Å². The molecule has 0 radical (unpaired) electrons. The van der Waals surface area contributed by atoms with E-state index >= 15 is 0 Å². The molecule has 1 fully saturated rings. The Labute approximate surface area is 243 Å². The number of rotatable bonds is 6. The lowest BCUT2D eigenvalue weighted by Crippen LogP contribution is -2.29. The lowest BCUT2D eigenvalue weighted by molar-refractivity contribution is 0.565. The first kappa shape index (κ1) is 27.5. The number of hydrogen-bond donors (Lipinski definition) is 2. The van der Waals surface area contributed by atoms with Crippen LogP contribution in [0.1, 0.15) is 40.3 Å². The molecule has 1 aliphatic heterocycles. The normalized spacial score (nSPS) is 17.4. The molecule has 1 saturated heterocycles. The highest BCUT2D eigenvalue weighted by molar-refractivity contribution is 7.92. The monoisotopic (exact) mass is 599 g/mol. The fourth-order valence-corrected chi connectivity index (χ4v) is 6.54. The van der Waals surface area contributed by atoms with Gasteiger partial charge in [-0.3, -0.25) is 9.71 Å². The highest BCUT2D eigenvalue weighted by Crippen LogP contribution is 2.45. The Morgan fingerprint density at radius 3 is 2.46 bits per heavy atom. The lowest BCUT2D eigenvalue weighted by atomic mass is 9.96. The van der Waals surface area contributed by atoms with Crippen LogP contribution in [0.5, 0.6) is 0 Å². The van der Waals surface area contributed by atoms with Crippen LogP contribution < -0.4 is 14.9 Å². The average molecular weight is 601 g/mol. The quantitative estimate of drug-likeness (QED) is 0.241. The molecule has 0 bridgehead atoms. The number of sulfonamides is 1. The van der Waals surface area contributed by atoms with E-state index in [2.05, 4.69) is 37.5 Å². The minimum absolute atomic E-state index is 0.239. The van der Waals surface area contributed by atoms with Crippen molar-refractivity contribution in [3.05, 3.63) is 105 Å². The van der Waals surface area contributed by atoms with E-state index in [0.717, 1.165) is 45.8 Å². The molecule has 202 valence electrons. The summed E-state index contributed by atoms with van der Waals surface area (Å²) in [6, 6.07) is 18.6.